The van der Waals surface area contributed by atoms with Gasteiger partial charge in [0.1, 0.15) is 10.6 Å². The summed E-state index contributed by atoms with van der Waals surface area (Å²) >= 11 is 0. The fourth-order valence-electron chi connectivity index (χ4n) is 3.64. The van der Waals surface area contributed by atoms with Crippen LogP contribution in [0.3, 0.4) is 0 Å². The summed E-state index contributed by atoms with van der Waals surface area (Å²) < 4.78 is 69.0. The molecule has 0 fully saturated rings. The predicted octanol–water partition coefficient (Wildman–Crippen LogP) is 7.43. The summed E-state index contributed by atoms with van der Waals surface area (Å²) in [5, 5.41) is 2.92. The van der Waals surface area contributed by atoms with E-state index in [4.69, 9.17) is 4.18 Å². The number of halogens is 3. The van der Waals surface area contributed by atoms with Crippen LogP contribution in [-0.2, 0) is 22.8 Å². The van der Waals surface area contributed by atoms with Crippen LogP contribution in [0.4, 0.5) is 23.7 Å². The van der Waals surface area contributed by atoms with Gasteiger partial charge in [-0.2, -0.15) is 21.6 Å². The number of nitrogens with zero attached hydrogens (tertiary/aromatic N) is 1. The van der Waals surface area contributed by atoms with Crippen LogP contribution in [0.1, 0.15) is 56.7 Å². The maximum atomic E-state index is 13.1. The van der Waals surface area contributed by atoms with Gasteiger partial charge in [0.15, 0.2) is 0 Å². The number of carbonyl (C=O) groups is 1. The molecular formula is C28H31F3N2O4S. The average molecular weight is 549 g/mol. The Morgan fingerprint density at radius 2 is 1.61 bits per heavy atom. The topological polar surface area (TPSA) is 75.7 Å². The number of nitrogens with one attached hydrogen (secondary N) is 1. The first kappa shape index (κ1) is 29.0. The molecule has 0 heterocycles. The van der Waals surface area contributed by atoms with Gasteiger partial charge in [-0.25, -0.2) is 4.79 Å². The van der Waals surface area contributed by atoms with E-state index in [9.17, 15) is 26.4 Å². The Balaban J connectivity index is 1.71. The zero-order chi connectivity index (χ0) is 28.1. The van der Waals surface area contributed by atoms with E-state index in [0.717, 1.165) is 30.2 Å². The third-order valence-corrected chi connectivity index (χ3v) is 7.39. The summed E-state index contributed by atoms with van der Waals surface area (Å²) in [4.78, 5) is 14.1. The van der Waals surface area contributed by atoms with Crippen LogP contribution in [0.5, 0.6) is 5.75 Å². The molecule has 0 bridgehead atoms. The molecule has 0 spiro atoms. The van der Waals surface area contributed by atoms with E-state index in [0.29, 0.717) is 17.7 Å². The predicted molar refractivity (Wildman–Crippen MR) is 141 cm³/mol. The monoisotopic (exact) mass is 548 g/mol. The van der Waals surface area contributed by atoms with Gasteiger partial charge in [-0.05, 0) is 72.9 Å². The van der Waals surface area contributed by atoms with Crippen molar-refractivity contribution in [1.82, 2.24) is 4.90 Å². The van der Waals surface area contributed by atoms with E-state index in [1.165, 1.54) is 17.7 Å². The second-order valence-corrected chi connectivity index (χ2v) is 10.8. The van der Waals surface area contributed by atoms with Gasteiger partial charge in [-0.3, -0.25) is 0 Å². The molecule has 204 valence electrons. The summed E-state index contributed by atoms with van der Waals surface area (Å²) in [7, 11) is -4.48. The fourth-order valence-corrected chi connectivity index (χ4v) is 4.62. The summed E-state index contributed by atoms with van der Waals surface area (Å²) in [5.41, 5.74) is 1.48. The van der Waals surface area contributed by atoms with Crippen molar-refractivity contribution in [1.29, 1.82) is 0 Å². The van der Waals surface area contributed by atoms with Crippen LogP contribution in [0, 0.1) is 0 Å². The van der Waals surface area contributed by atoms with E-state index < -0.39 is 26.8 Å². The average Bonchev–Trinajstić information content (AvgIpc) is 2.87. The van der Waals surface area contributed by atoms with Gasteiger partial charge in [0.2, 0.25) is 0 Å². The van der Waals surface area contributed by atoms with Gasteiger partial charge in [0.05, 0.1) is 5.56 Å². The van der Waals surface area contributed by atoms with Gasteiger partial charge in [0.25, 0.3) is 0 Å². The SMILES string of the molecule is CC[C@H](C)N(Cc1ccc(OS(=O)(=O)c2cccc(C(F)(F)F)c2)cc1)C(=O)Nc1ccc(C(C)C)cc1. The Labute approximate surface area is 221 Å². The number of benzene rings is 3. The maximum absolute atomic E-state index is 13.1. The molecule has 10 heteroatoms. The minimum atomic E-state index is -4.68. The van der Waals surface area contributed by atoms with E-state index in [1.54, 1.807) is 17.0 Å². The number of amides is 2. The van der Waals surface area contributed by atoms with Crippen molar-refractivity contribution in [2.24, 2.45) is 0 Å². The molecule has 3 aromatic carbocycles. The first-order chi connectivity index (χ1) is 17.8. The Bertz CT molecular complexity index is 1340. The van der Waals surface area contributed by atoms with E-state index in [-0.39, 0.29) is 24.4 Å². The Hall–Kier alpha value is -3.53. The number of hydrogen-bond donors (Lipinski definition) is 1. The lowest BCUT2D eigenvalue weighted by molar-refractivity contribution is -0.137. The van der Waals surface area contributed by atoms with Crippen LogP contribution in [0.15, 0.2) is 77.7 Å². The zero-order valence-electron chi connectivity index (χ0n) is 21.6. The Kier molecular flexibility index (Phi) is 9.09. The van der Waals surface area contributed by atoms with Crippen molar-refractivity contribution in [3.63, 3.8) is 0 Å². The minimum Gasteiger partial charge on any atom is -0.379 e. The molecule has 0 aromatic heterocycles. The molecule has 0 aliphatic rings. The molecule has 0 radical (unpaired) electrons. The van der Waals surface area contributed by atoms with Crippen molar-refractivity contribution >= 4 is 21.8 Å². The number of carbonyl (C=O) groups excluding carboxylic acids is 1. The lowest BCUT2D eigenvalue weighted by Crippen LogP contribution is -2.40. The highest BCUT2D eigenvalue weighted by molar-refractivity contribution is 7.87. The molecule has 0 aliphatic heterocycles. The molecule has 3 rings (SSSR count). The van der Waals surface area contributed by atoms with Crippen molar-refractivity contribution in [3.05, 3.63) is 89.5 Å². The summed E-state index contributed by atoms with van der Waals surface area (Å²) in [6.07, 6.45) is -3.96. The smallest absolute Gasteiger partial charge is 0.379 e. The molecule has 1 N–H and O–H groups in total. The molecule has 0 aliphatic carbocycles. The second kappa shape index (κ2) is 11.9. The molecule has 38 heavy (non-hydrogen) atoms. The Morgan fingerprint density at radius 3 is 2.16 bits per heavy atom. The third kappa shape index (κ3) is 7.50. The second-order valence-electron chi connectivity index (χ2n) is 9.30. The number of hydrogen-bond acceptors (Lipinski definition) is 4. The lowest BCUT2D eigenvalue weighted by atomic mass is 10.0. The van der Waals surface area contributed by atoms with E-state index in [1.807, 2.05) is 38.1 Å². The quantitative estimate of drug-likeness (QED) is 0.282. The maximum Gasteiger partial charge on any atom is 0.416 e. The number of urea groups is 1. The van der Waals surface area contributed by atoms with Crippen LogP contribution in [-0.4, -0.2) is 25.4 Å². The van der Waals surface area contributed by atoms with Crippen LogP contribution in [0.2, 0.25) is 0 Å². The van der Waals surface area contributed by atoms with Crippen molar-refractivity contribution in [2.45, 2.75) is 63.7 Å². The zero-order valence-corrected chi connectivity index (χ0v) is 22.4. The summed E-state index contributed by atoms with van der Waals surface area (Å²) in [6.45, 7) is 8.34. The van der Waals surface area contributed by atoms with E-state index in [2.05, 4.69) is 19.2 Å². The van der Waals surface area contributed by atoms with Crippen LogP contribution < -0.4 is 9.50 Å². The molecule has 2 amide bonds. The third-order valence-electron chi connectivity index (χ3n) is 6.14. The van der Waals surface area contributed by atoms with Gasteiger partial charge in [-0.15, -0.1) is 0 Å². The summed E-state index contributed by atoms with van der Waals surface area (Å²) in [6, 6.07) is 16.7. The number of anilines is 1. The van der Waals surface area contributed by atoms with Crippen molar-refractivity contribution in [3.8, 4) is 5.75 Å². The van der Waals surface area contributed by atoms with Gasteiger partial charge in [0, 0.05) is 18.3 Å². The number of alkyl halides is 3. The Morgan fingerprint density at radius 1 is 0.974 bits per heavy atom. The standard InChI is InChI=1S/C28H31F3N2O4S/c1-5-20(4)33(27(34)32-24-13-11-22(12-14-24)19(2)3)18-21-9-15-25(16-10-21)37-38(35,36)26-8-6-7-23(17-26)28(29,30)31/h6-17,19-20H,5,18H2,1-4H3,(H,32,34)/t20-/m0/s1. The van der Waals surface area contributed by atoms with Crippen molar-refractivity contribution < 1.29 is 30.6 Å². The fraction of sp³-hybridized carbons (Fsp3) is 0.321. The van der Waals surface area contributed by atoms with Crippen LogP contribution in [0.25, 0.3) is 0 Å². The van der Waals surface area contributed by atoms with Gasteiger partial charge in [-0.1, -0.05) is 51.1 Å². The molecule has 0 saturated heterocycles. The molecular weight excluding hydrogens is 517 g/mol. The molecule has 0 saturated carbocycles. The molecule has 3 aromatic rings. The first-order valence-electron chi connectivity index (χ1n) is 12.2. The normalized spacial score (nSPS) is 12.7. The van der Waals surface area contributed by atoms with Gasteiger partial charge >= 0.3 is 22.3 Å². The summed E-state index contributed by atoms with van der Waals surface area (Å²) in [5.74, 6) is 0.319. The largest absolute Gasteiger partial charge is 0.416 e. The molecule has 6 nitrogen and oxygen atoms in total. The number of rotatable bonds is 9. The highest BCUT2D eigenvalue weighted by Gasteiger charge is 2.32. The highest BCUT2D eigenvalue weighted by atomic mass is 32.2. The molecule has 1 atom stereocenters. The van der Waals surface area contributed by atoms with Gasteiger partial charge < -0.3 is 14.4 Å². The first-order valence-corrected chi connectivity index (χ1v) is 13.6. The lowest BCUT2D eigenvalue weighted by Gasteiger charge is -2.29. The molecule has 0 unspecified atom stereocenters. The van der Waals surface area contributed by atoms with E-state index >= 15 is 0 Å². The van der Waals surface area contributed by atoms with Crippen LogP contribution >= 0.6 is 0 Å². The van der Waals surface area contributed by atoms with Crippen molar-refractivity contribution in [2.75, 3.05) is 5.32 Å². The highest BCUT2D eigenvalue weighted by Crippen LogP contribution is 2.31. The minimum absolute atomic E-state index is 0.0593.